The average Bonchev–Trinajstić information content (AvgIpc) is 2.15. The Morgan fingerprint density at radius 3 is 1.72 bits per heavy atom. The molecule has 0 unspecified atom stereocenters. The minimum atomic E-state index is -5.20. The van der Waals surface area contributed by atoms with Crippen LogP contribution in [0.3, 0.4) is 0 Å². The highest BCUT2D eigenvalue weighted by atomic mass is 35.5. The number of benzene rings is 1. The highest BCUT2D eigenvalue weighted by Crippen LogP contribution is 2.46. The van der Waals surface area contributed by atoms with Crippen LogP contribution in [0.25, 0.3) is 0 Å². The molecule has 1 aromatic rings. The van der Waals surface area contributed by atoms with Gasteiger partial charge in [0.2, 0.25) is 0 Å². The first-order valence-electron chi connectivity index (χ1n) is 3.94. The third-order valence-corrected chi connectivity index (χ3v) is 2.98. The predicted molar refractivity (Wildman–Crippen MR) is 53.2 cm³/mol. The number of alkyl halides is 6. The summed E-state index contributed by atoms with van der Waals surface area (Å²) in [6.45, 7) is 0. The summed E-state index contributed by atoms with van der Waals surface area (Å²) < 4.78 is 76.5. The van der Waals surface area contributed by atoms with Crippen LogP contribution in [0.5, 0.6) is 5.75 Å². The molecular weight excluding hydrogens is 332 g/mol. The van der Waals surface area contributed by atoms with Gasteiger partial charge in [0.1, 0.15) is 10.8 Å². The maximum Gasteiger partial charge on any atom is 0.573 e. The van der Waals surface area contributed by atoms with Crippen LogP contribution in [0.1, 0.15) is 5.56 Å². The molecule has 0 fully saturated rings. The first kappa shape index (κ1) is 15.5. The second kappa shape index (κ2) is 4.86. The lowest BCUT2D eigenvalue weighted by Gasteiger charge is -2.16. The van der Waals surface area contributed by atoms with E-state index < -0.39 is 38.9 Å². The van der Waals surface area contributed by atoms with Gasteiger partial charge in [-0.05, 0) is 6.07 Å². The topological polar surface area (TPSA) is 9.23 Å². The zero-order valence-electron chi connectivity index (χ0n) is 7.89. The summed E-state index contributed by atoms with van der Waals surface area (Å²) in [7, 11) is 0. The van der Waals surface area contributed by atoms with E-state index in [4.69, 9.17) is 34.8 Å². The summed E-state index contributed by atoms with van der Waals surface area (Å²) in [5.74, 6) is -1.27. The number of ether oxygens (including phenoxy) is 1. The van der Waals surface area contributed by atoms with Gasteiger partial charge in [-0.1, -0.05) is 34.8 Å². The van der Waals surface area contributed by atoms with Crippen LogP contribution >= 0.6 is 34.8 Å². The lowest BCUT2D eigenvalue weighted by atomic mass is 10.2. The summed E-state index contributed by atoms with van der Waals surface area (Å²) in [5, 5.41) is -2.72. The van der Waals surface area contributed by atoms with Crippen molar-refractivity contribution < 1.29 is 31.1 Å². The molecule has 0 atom stereocenters. The van der Waals surface area contributed by atoms with Gasteiger partial charge in [-0.15, -0.1) is 13.2 Å². The third-order valence-electron chi connectivity index (χ3n) is 1.64. The van der Waals surface area contributed by atoms with Gasteiger partial charge in [0.15, 0.2) is 0 Å². The van der Waals surface area contributed by atoms with E-state index in [1.807, 2.05) is 0 Å². The van der Waals surface area contributed by atoms with Gasteiger partial charge in [-0.25, -0.2) is 0 Å². The third kappa shape index (κ3) is 3.49. The monoisotopic (exact) mass is 332 g/mol. The minimum Gasteiger partial charge on any atom is -0.404 e. The summed E-state index contributed by atoms with van der Waals surface area (Å²) in [4.78, 5) is 0. The molecule has 0 heterocycles. The lowest BCUT2D eigenvalue weighted by molar-refractivity contribution is -0.274. The molecule has 0 amide bonds. The number of hydrogen-bond donors (Lipinski definition) is 0. The molecule has 18 heavy (non-hydrogen) atoms. The SMILES string of the molecule is FC(F)(F)Oc1cc(C(F)(F)F)c(Cl)c(Cl)c1Cl. The smallest absolute Gasteiger partial charge is 0.404 e. The summed E-state index contributed by atoms with van der Waals surface area (Å²) in [5.41, 5.74) is -1.57. The van der Waals surface area contributed by atoms with Gasteiger partial charge in [-0.2, -0.15) is 13.2 Å². The van der Waals surface area contributed by atoms with Gasteiger partial charge >= 0.3 is 12.5 Å². The van der Waals surface area contributed by atoms with Crippen molar-refractivity contribution in [2.75, 3.05) is 0 Å². The standard InChI is InChI=1S/C8HCl3F6O/c9-4-2(7(12,13)14)1-3(5(10)6(4)11)18-8(15,16)17/h1H. The fourth-order valence-electron chi connectivity index (χ4n) is 0.986. The molecule has 0 saturated carbocycles. The Morgan fingerprint density at radius 1 is 0.833 bits per heavy atom. The fourth-order valence-corrected chi connectivity index (χ4v) is 1.67. The number of hydrogen-bond acceptors (Lipinski definition) is 1. The molecule has 0 saturated heterocycles. The van der Waals surface area contributed by atoms with Gasteiger partial charge in [0.25, 0.3) is 0 Å². The van der Waals surface area contributed by atoms with Gasteiger partial charge < -0.3 is 4.74 Å². The Balaban J connectivity index is 3.42. The van der Waals surface area contributed by atoms with Crippen LogP contribution in [-0.2, 0) is 6.18 Å². The van der Waals surface area contributed by atoms with Crippen LogP contribution in [0, 0.1) is 0 Å². The summed E-state index contributed by atoms with van der Waals surface area (Å²) in [6.07, 6.45) is -10.2. The normalized spacial score (nSPS) is 12.7. The molecule has 102 valence electrons. The molecule has 1 rings (SSSR count). The van der Waals surface area contributed by atoms with Gasteiger partial charge in [-0.3, -0.25) is 0 Å². The molecule has 0 bridgehead atoms. The fraction of sp³-hybridized carbons (Fsp3) is 0.250. The predicted octanol–water partition coefficient (Wildman–Crippen LogP) is 5.56. The molecule has 0 spiro atoms. The molecule has 0 N–H and O–H groups in total. The largest absolute Gasteiger partial charge is 0.573 e. The first-order valence-corrected chi connectivity index (χ1v) is 5.07. The molecule has 10 heteroatoms. The van der Waals surface area contributed by atoms with E-state index in [9.17, 15) is 26.3 Å². The molecule has 0 aliphatic carbocycles. The average molecular weight is 333 g/mol. The van der Waals surface area contributed by atoms with Crippen molar-refractivity contribution in [1.29, 1.82) is 0 Å². The number of rotatable bonds is 1. The zero-order valence-corrected chi connectivity index (χ0v) is 10.2. The molecule has 0 aliphatic heterocycles. The maximum absolute atomic E-state index is 12.5. The first-order chi connectivity index (χ1) is 7.93. The number of halogens is 9. The van der Waals surface area contributed by atoms with Crippen molar-refractivity contribution in [3.05, 3.63) is 26.7 Å². The molecule has 0 radical (unpaired) electrons. The van der Waals surface area contributed by atoms with Crippen LogP contribution in [0.15, 0.2) is 6.07 Å². The van der Waals surface area contributed by atoms with Crippen LogP contribution in [0.2, 0.25) is 15.1 Å². The van der Waals surface area contributed by atoms with Gasteiger partial charge in [0.05, 0.1) is 15.6 Å². The van der Waals surface area contributed by atoms with Crippen molar-refractivity contribution in [3.8, 4) is 5.75 Å². The van der Waals surface area contributed by atoms with E-state index in [-0.39, 0.29) is 6.07 Å². The van der Waals surface area contributed by atoms with E-state index in [2.05, 4.69) is 4.74 Å². The summed E-state index contributed by atoms with van der Waals surface area (Å²) >= 11 is 15.9. The van der Waals surface area contributed by atoms with Crippen LogP contribution in [0.4, 0.5) is 26.3 Å². The quantitative estimate of drug-likeness (QED) is 0.482. The van der Waals surface area contributed by atoms with E-state index in [0.717, 1.165) is 0 Å². The van der Waals surface area contributed by atoms with Crippen LogP contribution in [-0.4, -0.2) is 6.36 Å². The van der Waals surface area contributed by atoms with E-state index in [0.29, 0.717) is 0 Å². The molecule has 0 aliphatic rings. The second-order valence-electron chi connectivity index (χ2n) is 2.91. The van der Waals surface area contributed by atoms with Crippen molar-refractivity contribution in [2.45, 2.75) is 12.5 Å². The van der Waals surface area contributed by atoms with Crippen molar-refractivity contribution in [3.63, 3.8) is 0 Å². The maximum atomic E-state index is 12.5. The minimum absolute atomic E-state index is 0.0318. The summed E-state index contributed by atoms with van der Waals surface area (Å²) in [6, 6.07) is 0.0318. The molecule has 1 aromatic carbocycles. The van der Waals surface area contributed by atoms with E-state index >= 15 is 0 Å². The Labute approximate surface area is 111 Å². The van der Waals surface area contributed by atoms with Crippen molar-refractivity contribution in [1.82, 2.24) is 0 Å². The van der Waals surface area contributed by atoms with Gasteiger partial charge in [0, 0.05) is 0 Å². The van der Waals surface area contributed by atoms with E-state index in [1.165, 1.54) is 0 Å². The Hall–Kier alpha value is -0.530. The zero-order chi connectivity index (χ0) is 14.3. The Kier molecular flexibility index (Phi) is 4.19. The second-order valence-corrected chi connectivity index (χ2v) is 4.04. The lowest BCUT2D eigenvalue weighted by Crippen LogP contribution is -2.18. The Morgan fingerprint density at radius 2 is 1.33 bits per heavy atom. The molecular formula is C8HCl3F6O. The molecule has 1 nitrogen and oxygen atoms in total. The Bertz CT molecular complexity index is 467. The highest BCUT2D eigenvalue weighted by molar-refractivity contribution is 6.49. The van der Waals surface area contributed by atoms with E-state index in [1.54, 1.807) is 0 Å². The molecule has 0 aromatic heterocycles. The van der Waals surface area contributed by atoms with Crippen molar-refractivity contribution in [2.24, 2.45) is 0 Å². The van der Waals surface area contributed by atoms with Crippen LogP contribution < -0.4 is 4.74 Å². The highest BCUT2D eigenvalue weighted by Gasteiger charge is 2.38. The van der Waals surface area contributed by atoms with Crippen molar-refractivity contribution >= 4 is 34.8 Å².